The first kappa shape index (κ1) is 8.16. The van der Waals surface area contributed by atoms with Crippen LogP contribution in [0.3, 0.4) is 0 Å². The molecule has 4 N–H and O–H groups in total. The largest absolute Gasteiger partial charge is 0.480 e. The van der Waals surface area contributed by atoms with E-state index in [0.717, 1.165) is 0 Å². The number of rotatable bonds is 2. The van der Waals surface area contributed by atoms with Crippen molar-refractivity contribution in [2.24, 2.45) is 5.73 Å². The molecule has 0 unspecified atom stereocenters. The van der Waals surface area contributed by atoms with Gasteiger partial charge in [-0.15, -0.1) is 0 Å². The molecule has 0 saturated heterocycles. The lowest BCUT2D eigenvalue weighted by Gasteiger charge is -2.06. The highest BCUT2D eigenvalue weighted by atomic mass is 32.1. The van der Waals surface area contributed by atoms with Gasteiger partial charge in [-0.1, -0.05) is 0 Å². The van der Waals surface area contributed by atoms with Crippen molar-refractivity contribution in [1.82, 2.24) is 5.32 Å². The zero-order valence-electron chi connectivity index (χ0n) is 4.92. The van der Waals surface area contributed by atoms with Crippen molar-refractivity contribution in [1.29, 1.82) is 0 Å². The number of hydrogen-bond acceptors (Lipinski definition) is 2. The van der Waals surface area contributed by atoms with Gasteiger partial charge in [-0.05, 0) is 19.1 Å². The first-order chi connectivity index (χ1) is 4.04. The topological polar surface area (TPSA) is 75.3 Å². The Morgan fingerprint density at radius 1 is 1.89 bits per heavy atom. The number of carboxylic acids is 1. The molecule has 0 bridgehead atoms. The third-order valence-corrected chi connectivity index (χ3v) is 0.847. The van der Waals surface area contributed by atoms with E-state index >= 15 is 0 Å². The van der Waals surface area contributed by atoms with Gasteiger partial charge in [0.1, 0.15) is 6.04 Å². The van der Waals surface area contributed by atoms with Crippen LogP contribution in [-0.2, 0) is 4.79 Å². The highest BCUT2D eigenvalue weighted by molar-refractivity contribution is 7.80. The van der Waals surface area contributed by atoms with Gasteiger partial charge < -0.3 is 16.2 Å². The molecular weight excluding hydrogens is 140 g/mol. The lowest BCUT2D eigenvalue weighted by molar-refractivity contribution is -0.138. The van der Waals surface area contributed by atoms with Crippen molar-refractivity contribution >= 4 is 23.3 Å². The van der Waals surface area contributed by atoms with Gasteiger partial charge in [-0.25, -0.2) is 0 Å². The fourth-order valence-electron chi connectivity index (χ4n) is 0.275. The van der Waals surface area contributed by atoms with Crippen LogP contribution in [0.2, 0.25) is 0 Å². The number of nitrogens with two attached hydrogens (primary N) is 1. The molecule has 4 nitrogen and oxygen atoms in total. The van der Waals surface area contributed by atoms with E-state index in [1.54, 1.807) is 0 Å². The Balaban J connectivity index is 3.63. The van der Waals surface area contributed by atoms with E-state index in [0.29, 0.717) is 0 Å². The summed E-state index contributed by atoms with van der Waals surface area (Å²) in [5.41, 5.74) is 4.99. The SMILES string of the molecule is C[C@H](NC(N)=S)C(=O)O. The Kier molecular flexibility index (Phi) is 2.94. The predicted octanol–water partition coefficient (Wildman–Crippen LogP) is -0.707. The third-order valence-electron chi connectivity index (χ3n) is 0.729. The van der Waals surface area contributed by atoms with Crippen molar-refractivity contribution in [3.05, 3.63) is 0 Å². The van der Waals surface area contributed by atoms with Crippen LogP contribution in [0.5, 0.6) is 0 Å². The van der Waals surface area contributed by atoms with Gasteiger partial charge in [0.05, 0.1) is 0 Å². The average molecular weight is 148 g/mol. The van der Waals surface area contributed by atoms with Crippen molar-refractivity contribution in [3.8, 4) is 0 Å². The van der Waals surface area contributed by atoms with Gasteiger partial charge >= 0.3 is 5.97 Å². The molecule has 0 aromatic carbocycles. The van der Waals surface area contributed by atoms with Gasteiger partial charge in [-0.3, -0.25) is 4.79 Å². The molecular formula is C4H8N2O2S. The quantitative estimate of drug-likeness (QED) is 0.451. The number of hydrogen-bond donors (Lipinski definition) is 3. The number of carboxylic acid groups (broad SMARTS) is 1. The summed E-state index contributed by atoms with van der Waals surface area (Å²) in [5.74, 6) is -0.970. The maximum absolute atomic E-state index is 10.1. The number of thiocarbonyl (C=S) groups is 1. The first-order valence-electron chi connectivity index (χ1n) is 2.33. The summed E-state index contributed by atoms with van der Waals surface area (Å²) >= 11 is 4.39. The average Bonchev–Trinajstić information content (AvgIpc) is 1.63. The Bertz CT molecular complexity index is 137. The number of carbonyl (C=O) groups is 1. The van der Waals surface area contributed by atoms with Crippen LogP contribution in [0, 0.1) is 0 Å². The van der Waals surface area contributed by atoms with Gasteiger partial charge in [0.25, 0.3) is 0 Å². The van der Waals surface area contributed by atoms with Crippen LogP contribution in [0.25, 0.3) is 0 Å². The van der Waals surface area contributed by atoms with Crippen LogP contribution in [-0.4, -0.2) is 22.2 Å². The van der Waals surface area contributed by atoms with Crippen LogP contribution < -0.4 is 11.1 Å². The molecule has 0 aromatic heterocycles. The Hall–Kier alpha value is -0.840. The normalized spacial score (nSPS) is 12.1. The summed E-state index contributed by atoms with van der Waals surface area (Å²) in [6.07, 6.45) is 0. The molecule has 0 aromatic rings. The maximum atomic E-state index is 10.1. The Morgan fingerprint density at radius 3 is 2.44 bits per heavy atom. The first-order valence-corrected chi connectivity index (χ1v) is 2.73. The summed E-state index contributed by atoms with van der Waals surface area (Å²) < 4.78 is 0. The molecule has 0 aliphatic carbocycles. The highest BCUT2D eigenvalue weighted by Crippen LogP contribution is 1.78. The molecule has 0 spiro atoms. The van der Waals surface area contributed by atoms with Gasteiger partial charge in [0, 0.05) is 0 Å². The molecule has 5 heteroatoms. The van der Waals surface area contributed by atoms with Crippen molar-refractivity contribution in [3.63, 3.8) is 0 Å². The van der Waals surface area contributed by atoms with E-state index in [4.69, 9.17) is 10.8 Å². The molecule has 0 aliphatic heterocycles. The lowest BCUT2D eigenvalue weighted by Crippen LogP contribution is -2.41. The molecule has 0 rings (SSSR count). The van der Waals surface area contributed by atoms with E-state index in [9.17, 15) is 4.79 Å². The van der Waals surface area contributed by atoms with E-state index in [-0.39, 0.29) is 5.11 Å². The predicted molar refractivity (Wildman–Crippen MR) is 37.0 cm³/mol. The summed E-state index contributed by atoms with van der Waals surface area (Å²) in [5, 5.41) is 10.6. The van der Waals surface area contributed by atoms with E-state index in [1.807, 2.05) is 0 Å². The second-order valence-electron chi connectivity index (χ2n) is 1.57. The fourth-order valence-corrected chi connectivity index (χ4v) is 0.452. The van der Waals surface area contributed by atoms with E-state index in [2.05, 4.69) is 17.5 Å². The third kappa shape index (κ3) is 3.72. The zero-order chi connectivity index (χ0) is 7.44. The summed E-state index contributed by atoms with van der Waals surface area (Å²) in [6, 6.07) is -0.706. The Morgan fingerprint density at radius 2 is 2.33 bits per heavy atom. The lowest BCUT2D eigenvalue weighted by atomic mass is 10.4. The van der Waals surface area contributed by atoms with Gasteiger partial charge in [0.15, 0.2) is 5.11 Å². The molecule has 52 valence electrons. The fraction of sp³-hybridized carbons (Fsp3) is 0.500. The monoisotopic (exact) mass is 148 g/mol. The zero-order valence-corrected chi connectivity index (χ0v) is 5.73. The molecule has 0 fully saturated rings. The summed E-state index contributed by atoms with van der Waals surface area (Å²) in [7, 11) is 0. The molecule has 0 radical (unpaired) electrons. The van der Waals surface area contributed by atoms with Crippen LogP contribution >= 0.6 is 12.2 Å². The van der Waals surface area contributed by atoms with Crippen molar-refractivity contribution in [2.45, 2.75) is 13.0 Å². The second-order valence-corrected chi connectivity index (χ2v) is 2.01. The molecule has 0 heterocycles. The van der Waals surface area contributed by atoms with Crippen molar-refractivity contribution in [2.75, 3.05) is 0 Å². The minimum atomic E-state index is -0.970. The number of aliphatic carboxylic acids is 1. The van der Waals surface area contributed by atoms with Crippen molar-refractivity contribution < 1.29 is 9.90 Å². The minimum absolute atomic E-state index is 0.00454. The maximum Gasteiger partial charge on any atom is 0.325 e. The van der Waals surface area contributed by atoms with Gasteiger partial charge in [-0.2, -0.15) is 0 Å². The second kappa shape index (κ2) is 3.24. The molecule has 0 aliphatic rings. The van der Waals surface area contributed by atoms with Crippen LogP contribution in [0.15, 0.2) is 0 Å². The van der Waals surface area contributed by atoms with E-state index in [1.165, 1.54) is 6.92 Å². The molecule has 0 saturated carbocycles. The number of nitrogens with one attached hydrogen (secondary N) is 1. The Labute approximate surface area is 58.0 Å². The summed E-state index contributed by atoms with van der Waals surface area (Å²) in [4.78, 5) is 10.1. The van der Waals surface area contributed by atoms with E-state index < -0.39 is 12.0 Å². The van der Waals surface area contributed by atoms with Crippen LogP contribution in [0.1, 0.15) is 6.92 Å². The smallest absolute Gasteiger partial charge is 0.325 e. The standard InChI is InChI=1S/C4H8N2O2S/c1-2(3(7)8)6-4(5)9/h2H,1H3,(H,7,8)(H3,5,6,9)/t2-/m0/s1. The molecule has 9 heavy (non-hydrogen) atoms. The van der Waals surface area contributed by atoms with Gasteiger partial charge in [0.2, 0.25) is 0 Å². The summed E-state index contributed by atoms with van der Waals surface area (Å²) in [6.45, 7) is 1.46. The van der Waals surface area contributed by atoms with Crippen LogP contribution in [0.4, 0.5) is 0 Å². The molecule has 0 amide bonds. The highest BCUT2D eigenvalue weighted by Gasteiger charge is 2.08. The minimum Gasteiger partial charge on any atom is -0.480 e. The molecule has 1 atom stereocenters.